The maximum Gasteiger partial charge on any atom is 0.413 e. The van der Waals surface area contributed by atoms with Crippen molar-refractivity contribution in [3.8, 4) is 0 Å². The molecule has 0 radical (unpaired) electrons. The molecule has 1 amide bonds. The van der Waals surface area contributed by atoms with Crippen LogP contribution in [0.2, 0.25) is 0 Å². The molecule has 1 aromatic heterocycles. The number of nitrogens with zero attached hydrogens (tertiary/aromatic N) is 3. The van der Waals surface area contributed by atoms with Crippen molar-refractivity contribution in [2.24, 2.45) is 0 Å². The second-order valence-corrected chi connectivity index (χ2v) is 6.17. The molecule has 1 N–H and O–H groups in total. The summed E-state index contributed by atoms with van der Waals surface area (Å²) >= 11 is 0. The zero-order valence-electron chi connectivity index (χ0n) is 12.5. The predicted octanol–water partition coefficient (Wildman–Crippen LogP) is 3.25. The maximum absolute atomic E-state index is 11.7. The number of aromatic nitrogens is 2. The minimum absolute atomic E-state index is 0.0705. The lowest BCUT2D eigenvalue weighted by atomic mass is 10.2. The number of carbonyl (C=O) groups is 1. The molecule has 1 aliphatic carbocycles. The van der Waals surface area contributed by atoms with Crippen LogP contribution in [0.1, 0.15) is 52.5 Å². The minimum Gasteiger partial charge on any atom is -0.444 e. The largest absolute Gasteiger partial charge is 0.444 e. The van der Waals surface area contributed by atoms with Crippen molar-refractivity contribution in [2.75, 3.05) is 5.32 Å². The number of amides is 1. The summed E-state index contributed by atoms with van der Waals surface area (Å²) < 4.78 is 6.68. The van der Waals surface area contributed by atoms with E-state index in [1.54, 1.807) is 25.5 Å². The van der Waals surface area contributed by atoms with Gasteiger partial charge in [0, 0.05) is 0 Å². The Balaban J connectivity index is 2.17. The van der Waals surface area contributed by atoms with Gasteiger partial charge >= 0.3 is 11.9 Å². The molecule has 0 aromatic carbocycles. The van der Waals surface area contributed by atoms with Gasteiger partial charge in [0.15, 0.2) is 5.69 Å². The summed E-state index contributed by atoms with van der Waals surface area (Å²) in [4.78, 5) is 22.2. The van der Waals surface area contributed by atoms with E-state index in [1.165, 1.54) is 6.20 Å². The van der Waals surface area contributed by atoms with Crippen LogP contribution in [0.4, 0.5) is 16.3 Å². The molecule has 0 aliphatic heterocycles. The Bertz CT molecular complexity index is 541. The summed E-state index contributed by atoms with van der Waals surface area (Å²) in [7, 11) is 0. The molecule has 116 valence electrons. The Labute approximate surface area is 122 Å². The number of rotatable bonds is 3. The first-order chi connectivity index (χ1) is 9.76. The topological polar surface area (TPSA) is 99.3 Å². The van der Waals surface area contributed by atoms with Gasteiger partial charge in [0.1, 0.15) is 5.60 Å². The number of carbonyl (C=O) groups excluding carboxylic acids is 1. The van der Waals surface area contributed by atoms with E-state index in [1.807, 2.05) is 0 Å². The van der Waals surface area contributed by atoms with Gasteiger partial charge in [-0.05, 0) is 38.5 Å². The van der Waals surface area contributed by atoms with Gasteiger partial charge in [0.25, 0.3) is 0 Å². The first-order valence-electron chi connectivity index (χ1n) is 7.00. The molecular formula is C13H20N4O4. The van der Waals surface area contributed by atoms with E-state index >= 15 is 0 Å². The van der Waals surface area contributed by atoms with Gasteiger partial charge in [-0.25, -0.2) is 4.79 Å². The van der Waals surface area contributed by atoms with Crippen molar-refractivity contribution < 1.29 is 14.5 Å². The fraction of sp³-hybridized carbons (Fsp3) is 0.692. The molecule has 21 heavy (non-hydrogen) atoms. The molecule has 1 heterocycles. The third-order valence-corrected chi connectivity index (χ3v) is 3.22. The highest BCUT2D eigenvalue weighted by atomic mass is 16.6. The zero-order valence-corrected chi connectivity index (χ0v) is 12.5. The highest BCUT2D eigenvalue weighted by Crippen LogP contribution is 2.32. The van der Waals surface area contributed by atoms with Crippen molar-refractivity contribution in [3.63, 3.8) is 0 Å². The lowest BCUT2D eigenvalue weighted by Crippen LogP contribution is -2.27. The van der Waals surface area contributed by atoms with Crippen molar-refractivity contribution in [1.29, 1.82) is 0 Å². The van der Waals surface area contributed by atoms with E-state index in [-0.39, 0.29) is 17.5 Å². The van der Waals surface area contributed by atoms with Crippen LogP contribution in [0, 0.1) is 10.1 Å². The molecule has 0 saturated heterocycles. The highest BCUT2D eigenvalue weighted by Gasteiger charge is 2.29. The smallest absolute Gasteiger partial charge is 0.413 e. The van der Waals surface area contributed by atoms with Crippen LogP contribution in [0.15, 0.2) is 6.20 Å². The van der Waals surface area contributed by atoms with Crippen LogP contribution >= 0.6 is 0 Å². The Morgan fingerprint density at radius 1 is 1.48 bits per heavy atom. The number of nitrogens with one attached hydrogen (secondary N) is 1. The van der Waals surface area contributed by atoms with Crippen molar-refractivity contribution >= 4 is 17.6 Å². The third-order valence-electron chi connectivity index (χ3n) is 3.22. The molecule has 1 fully saturated rings. The van der Waals surface area contributed by atoms with Crippen molar-refractivity contribution in [2.45, 2.75) is 58.1 Å². The third kappa shape index (κ3) is 3.93. The number of hydrogen-bond acceptors (Lipinski definition) is 5. The standard InChI is InChI=1S/C13H20N4O4/c1-13(2,3)21-12(18)14-10-8-16(9-6-4-5-7-9)15-11(10)17(19)20/h8-9H,4-7H2,1-3H3,(H,14,18). The summed E-state index contributed by atoms with van der Waals surface area (Å²) in [6.07, 6.45) is 4.87. The van der Waals surface area contributed by atoms with E-state index in [4.69, 9.17) is 4.74 Å². The monoisotopic (exact) mass is 296 g/mol. The molecule has 0 unspecified atom stereocenters. The van der Waals surface area contributed by atoms with Crippen LogP contribution in [0.3, 0.4) is 0 Å². The van der Waals surface area contributed by atoms with Gasteiger partial charge in [0.2, 0.25) is 0 Å². The molecule has 1 aromatic rings. The van der Waals surface area contributed by atoms with Crippen LogP contribution in [0.25, 0.3) is 0 Å². The molecule has 1 saturated carbocycles. The Morgan fingerprint density at radius 3 is 2.62 bits per heavy atom. The second kappa shape index (κ2) is 5.71. The Hall–Kier alpha value is -2.12. The van der Waals surface area contributed by atoms with Gasteiger partial charge in [-0.1, -0.05) is 12.8 Å². The average molecular weight is 296 g/mol. The molecular weight excluding hydrogens is 276 g/mol. The normalized spacial score (nSPS) is 16.0. The minimum atomic E-state index is -0.725. The first kappa shape index (κ1) is 15.3. The predicted molar refractivity (Wildman–Crippen MR) is 76.2 cm³/mol. The number of anilines is 1. The van der Waals surface area contributed by atoms with Gasteiger partial charge in [-0.15, -0.1) is 0 Å². The summed E-state index contributed by atoms with van der Waals surface area (Å²) in [5, 5.41) is 17.4. The second-order valence-electron chi connectivity index (χ2n) is 6.17. The van der Waals surface area contributed by atoms with Crippen LogP contribution in [-0.2, 0) is 4.74 Å². The van der Waals surface area contributed by atoms with Crippen molar-refractivity contribution in [1.82, 2.24) is 9.78 Å². The van der Waals surface area contributed by atoms with Crippen molar-refractivity contribution in [3.05, 3.63) is 16.3 Å². The fourth-order valence-electron chi connectivity index (χ4n) is 2.37. The summed E-state index contributed by atoms with van der Waals surface area (Å²) in [5.74, 6) is -0.354. The van der Waals surface area contributed by atoms with E-state index in [9.17, 15) is 14.9 Å². The molecule has 0 bridgehead atoms. The Kier molecular flexibility index (Phi) is 4.15. The van der Waals surface area contributed by atoms with Crippen LogP contribution in [-0.4, -0.2) is 26.4 Å². The quantitative estimate of drug-likeness (QED) is 0.681. The molecule has 8 heteroatoms. The highest BCUT2D eigenvalue weighted by molar-refractivity contribution is 5.87. The maximum atomic E-state index is 11.7. The number of ether oxygens (including phenoxy) is 1. The SMILES string of the molecule is CC(C)(C)OC(=O)Nc1cn(C2CCCC2)nc1[N+](=O)[O-]. The van der Waals surface area contributed by atoms with Gasteiger partial charge in [-0.3, -0.25) is 5.32 Å². The van der Waals surface area contributed by atoms with Crippen LogP contribution in [0.5, 0.6) is 0 Å². The first-order valence-corrected chi connectivity index (χ1v) is 7.00. The average Bonchev–Trinajstić information content (AvgIpc) is 2.93. The van der Waals surface area contributed by atoms with Gasteiger partial charge in [0.05, 0.1) is 17.3 Å². The van der Waals surface area contributed by atoms with Gasteiger partial charge in [-0.2, -0.15) is 4.68 Å². The molecule has 2 rings (SSSR count). The van der Waals surface area contributed by atoms with E-state index in [2.05, 4.69) is 10.4 Å². The zero-order chi connectivity index (χ0) is 15.6. The van der Waals surface area contributed by atoms with E-state index < -0.39 is 16.6 Å². The molecule has 8 nitrogen and oxygen atoms in total. The summed E-state index contributed by atoms with van der Waals surface area (Å²) in [6, 6.07) is 0.165. The summed E-state index contributed by atoms with van der Waals surface area (Å²) in [6.45, 7) is 5.18. The van der Waals surface area contributed by atoms with Gasteiger partial charge < -0.3 is 14.9 Å². The number of hydrogen-bond donors (Lipinski definition) is 1. The van der Waals surface area contributed by atoms with E-state index in [0.29, 0.717) is 0 Å². The van der Waals surface area contributed by atoms with E-state index in [0.717, 1.165) is 25.7 Å². The lowest BCUT2D eigenvalue weighted by Gasteiger charge is -2.19. The molecule has 0 spiro atoms. The molecule has 1 aliphatic rings. The molecule has 0 atom stereocenters. The van der Waals surface area contributed by atoms with Crippen LogP contribution < -0.4 is 5.32 Å². The number of nitro groups is 1. The summed E-state index contributed by atoms with van der Waals surface area (Å²) in [5.41, 5.74) is -0.596. The Morgan fingerprint density at radius 2 is 2.10 bits per heavy atom. The fourth-order valence-corrected chi connectivity index (χ4v) is 2.37. The lowest BCUT2D eigenvalue weighted by molar-refractivity contribution is -0.389.